The number of hydrogen-bond acceptors (Lipinski definition) is 5. The summed E-state index contributed by atoms with van der Waals surface area (Å²) in [5.74, 6) is 0. The third-order valence-electron chi connectivity index (χ3n) is 8.24. The molecule has 0 fully saturated rings. The van der Waals surface area contributed by atoms with Crippen LogP contribution in [0.5, 0.6) is 0 Å². The quantitative estimate of drug-likeness (QED) is 0.107. The molecule has 0 aliphatic rings. The maximum atomic E-state index is 14.6. The van der Waals surface area contributed by atoms with Crippen molar-refractivity contribution in [1.29, 1.82) is 0 Å². The van der Waals surface area contributed by atoms with Crippen molar-refractivity contribution in [1.82, 2.24) is 0 Å². The minimum atomic E-state index is -3.02. The summed E-state index contributed by atoms with van der Waals surface area (Å²) in [4.78, 5) is 11.4. The van der Waals surface area contributed by atoms with Gasteiger partial charge in [-0.15, -0.1) is 11.3 Å². The Morgan fingerprint density at radius 2 is 0.612 bits per heavy atom. The van der Waals surface area contributed by atoms with Crippen LogP contribution in [0.4, 0.5) is 11.4 Å². The van der Waals surface area contributed by atoms with Crippen LogP contribution in [0.1, 0.15) is 9.75 Å². The van der Waals surface area contributed by atoms with Gasteiger partial charge in [0.25, 0.3) is 0 Å². The molecule has 0 bridgehead atoms. The lowest BCUT2D eigenvalue weighted by atomic mass is 10.3. The maximum Gasteiger partial charge on any atom is 0.171 e. The number of hydrogen-bond donors (Lipinski definition) is 0. The van der Waals surface area contributed by atoms with Crippen molar-refractivity contribution in [2.45, 2.75) is 0 Å². The summed E-state index contributed by atoms with van der Waals surface area (Å²) in [6, 6.07) is 58.0. The van der Waals surface area contributed by atoms with Gasteiger partial charge >= 0.3 is 0 Å². The van der Waals surface area contributed by atoms with Crippen LogP contribution in [0.25, 0.3) is 0 Å². The summed E-state index contributed by atoms with van der Waals surface area (Å²) in [5, 5.41) is 4.77. The molecule has 0 aliphatic heterocycles. The Hall–Kier alpha value is -5.18. The number of aliphatic imine (C=N–C) groups is 2. The number of thiophene rings is 1. The van der Waals surface area contributed by atoms with Gasteiger partial charge < -0.3 is 9.13 Å². The second kappa shape index (κ2) is 14.5. The van der Waals surface area contributed by atoms with E-state index < -0.39 is 14.3 Å². The topological polar surface area (TPSA) is 58.9 Å². The van der Waals surface area contributed by atoms with Gasteiger partial charge in [0, 0.05) is 54.0 Å². The molecule has 7 heteroatoms. The predicted octanol–water partition coefficient (Wildman–Crippen LogP) is 8.53. The predicted molar refractivity (Wildman–Crippen MR) is 210 cm³/mol. The van der Waals surface area contributed by atoms with Crippen LogP contribution < -0.4 is 31.8 Å². The summed E-state index contributed by atoms with van der Waals surface area (Å²) in [5.41, 5.74) is 1.56. The highest BCUT2D eigenvalue weighted by Gasteiger charge is 2.30. The van der Waals surface area contributed by atoms with Gasteiger partial charge in [0.05, 0.1) is 11.4 Å². The van der Waals surface area contributed by atoms with Crippen LogP contribution in [0, 0.1) is 0 Å². The van der Waals surface area contributed by atoms with Crippen LogP contribution in [0.3, 0.4) is 0 Å². The zero-order chi connectivity index (χ0) is 33.5. The normalized spacial score (nSPS) is 12.1. The first kappa shape index (κ1) is 32.4. The van der Waals surface area contributed by atoms with E-state index >= 15 is 0 Å². The average molecular weight is 691 g/mol. The van der Waals surface area contributed by atoms with E-state index in [0.29, 0.717) is 0 Å². The molecule has 0 amide bonds. The van der Waals surface area contributed by atoms with E-state index in [0.717, 1.165) is 53.0 Å². The molecular formula is C42H32N2O2P2S. The van der Waals surface area contributed by atoms with Crippen molar-refractivity contribution in [2.75, 3.05) is 0 Å². The van der Waals surface area contributed by atoms with Gasteiger partial charge in [-0.2, -0.15) is 0 Å². The van der Waals surface area contributed by atoms with Gasteiger partial charge in [0.2, 0.25) is 0 Å². The minimum Gasteiger partial charge on any atom is -0.309 e. The highest BCUT2D eigenvalue weighted by Crippen LogP contribution is 2.43. The number of benzene rings is 6. The average Bonchev–Trinajstić information content (AvgIpc) is 3.65. The smallest absolute Gasteiger partial charge is 0.171 e. The molecule has 0 aliphatic carbocycles. The molecule has 1 aromatic heterocycles. The van der Waals surface area contributed by atoms with E-state index in [2.05, 4.69) is 9.98 Å². The summed E-state index contributed by atoms with van der Waals surface area (Å²) >= 11 is 1.59. The first-order valence-electron chi connectivity index (χ1n) is 15.9. The van der Waals surface area contributed by atoms with Crippen molar-refractivity contribution >= 4 is 81.3 Å². The Labute approximate surface area is 291 Å². The van der Waals surface area contributed by atoms with Crippen molar-refractivity contribution in [3.63, 3.8) is 0 Å². The standard InChI is InChI=1S/C42H32N2O2P2S/c45-47(35-13-5-1-6-14-35,36-15-7-2-8-16-36)39-25-21-33(22-26-39)43-31-41-29-30-42(49-41)32-44-34-23-27-40(28-24-34)48(46,37-17-9-3-10-18-37)38-19-11-4-12-20-38/h1-32H. The fraction of sp³-hybridized carbons (Fsp3) is 0. The van der Waals surface area contributed by atoms with Gasteiger partial charge in [-0.05, 0) is 60.7 Å². The molecule has 7 aromatic rings. The van der Waals surface area contributed by atoms with E-state index in [9.17, 15) is 9.13 Å². The Bertz CT molecular complexity index is 2050. The zero-order valence-electron chi connectivity index (χ0n) is 26.5. The number of nitrogens with zero attached hydrogens (tertiary/aromatic N) is 2. The van der Waals surface area contributed by atoms with Crippen LogP contribution in [0.15, 0.2) is 192 Å². The van der Waals surface area contributed by atoms with E-state index in [1.807, 2.05) is 194 Å². The Morgan fingerprint density at radius 1 is 0.347 bits per heavy atom. The van der Waals surface area contributed by atoms with Gasteiger partial charge in [-0.25, -0.2) is 0 Å². The Balaban J connectivity index is 1.06. The maximum absolute atomic E-state index is 14.6. The molecule has 6 aromatic carbocycles. The van der Waals surface area contributed by atoms with Gasteiger partial charge in [0.15, 0.2) is 14.3 Å². The van der Waals surface area contributed by atoms with Crippen molar-refractivity contribution in [2.24, 2.45) is 9.98 Å². The summed E-state index contributed by atoms with van der Waals surface area (Å²) in [6.07, 6.45) is 3.68. The van der Waals surface area contributed by atoms with Crippen molar-refractivity contribution in [3.05, 3.63) is 192 Å². The fourth-order valence-corrected chi connectivity index (χ4v) is 11.8. The third-order valence-corrected chi connectivity index (χ3v) is 15.3. The molecule has 0 atom stereocenters. The minimum absolute atomic E-state index is 0.773. The third kappa shape index (κ3) is 6.88. The monoisotopic (exact) mass is 690 g/mol. The molecule has 0 saturated heterocycles. The van der Waals surface area contributed by atoms with Crippen LogP contribution in [-0.2, 0) is 9.13 Å². The fourth-order valence-electron chi connectivity index (χ4n) is 5.73. The van der Waals surface area contributed by atoms with Crippen LogP contribution in [-0.4, -0.2) is 12.4 Å². The molecular weight excluding hydrogens is 658 g/mol. The van der Waals surface area contributed by atoms with E-state index in [1.165, 1.54) is 0 Å². The molecule has 0 radical (unpaired) electrons. The molecule has 1 heterocycles. The van der Waals surface area contributed by atoms with E-state index in [4.69, 9.17) is 0 Å². The molecule has 238 valence electrons. The van der Waals surface area contributed by atoms with Crippen molar-refractivity contribution < 1.29 is 9.13 Å². The summed E-state index contributed by atoms with van der Waals surface area (Å²) < 4.78 is 29.2. The zero-order valence-corrected chi connectivity index (χ0v) is 29.1. The molecule has 0 unspecified atom stereocenters. The highest BCUT2D eigenvalue weighted by atomic mass is 32.1. The van der Waals surface area contributed by atoms with Gasteiger partial charge in [0.1, 0.15) is 0 Å². The van der Waals surface area contributed by atoms with Crippen molar-refractivity contribution in [3.8, 4) is 0 Å². The van der Waals surface area contributed by atoms with E-state index in [-0.39, 0.29) is 0 Å². The summed E-state index contributed by atoms with van der Waals surface area (Å²) in [6.45, 7) is 0. The molecule has 0 spiro atoms. The largest absolute Gasteiger partial charge is 0.309 e. The Morgan fingerprint density at radius 3 is 0.898 bits per heavy atom. The molecule has 0 saturated carbocycles. The highest BCUT2D eigenvalue weighted by molar-refractivity contribution is 7.85. The van der Waals surface area contributed by atoms with E-state index in [1.54, 1.807) is 11.3 Å². The molecule has 7 rings (SSSR count). The lowest BCUT2D eigenvalue weighted by Gasteiger charge is -2.20. The second-order valence-electron chi connectivity index (χ2n) is 11.4. The Kier molecular flexibility index (Phi) is 9.59. The summed E-state index contributed by atoms with van der Waals surface area (Å²) in [7, 11) is -6.04. The van der Waals surface area contributed by atoms with Crippen LogP contribution >= 0.6 is 25.6 Å². The molecule has 49 heavy (non-hydrogen) atoms. The van der Waals surface area contributed by atoms with Gasteiger partial charge in [-0.3, -0.25) is 9.98 Å². The van der Waals surface area contributed by atoms with Gasteiger partial charge in [-0.1, -0.05) is 121 Å². The SMILES string of the molecule is O=P(c1ccccc1)(c1ccccc1)c1ccc(N=Cc2ccc(C=Nc3ccc(P(=O)(c4ccccc4)c4ccccc4)cc3)s2)cc1. The molecule has 4 nitrogen and oxygen atoms in total. The first-order chi connectivity index (χ1) is 24.0. The van der Waals surface area contributed by atoms with Crippen LogP contribution in [0.2, 0.25) is 0 Å². The second-order valence-corrected chi connectivity index (χ2v) is 18.0. The number of rotatable bonds is 10. The lowest BCUT2D eigenvalue weighted by Crippen LogP contribution is -2.24. The lowest BCUT2D eigenvalue weighted by molar-refractivity contribution is 0.591. The first-order valence-corrected chi connectivity index (χ1v) is 20.1. The molecule has 0 N–H and O–H groups in total.